The molecule has 0 saturated heterocycles. The zero-order chi connectivity index (χ0) is 14.6. The van der Waals surface area contributed by atoms with Crippen molar-refractivity contribution < 1.29 is 24.5 Å². The summed E-state index contributed by atoms with van der Waals surface area (Å²) in [7, 11) is 0. The van der Waals surface area contributed by atoms with E-state index in [1.807, 2.05) is 0 Å². The maximum atomic E-state index is 11.7. The summed E-state index contributed by atoms with van der Waals surface area (Å²) in [6.07, 6.45) is 4.87. The summed E-state index contributed by atoms with van der Waals surface area (Å²) >= 11 is 0. The van der Waals surface area contributed by atoms with E-state index in [9.17, 15) is 15.0 Å². The smallest absolute Gasteiger partial charge is 0.330 e. The van der Waals surface area contributed by atoms with Crippen molar-refractivity contribution >= 4 is 5.97 Å². The van der Waals surface area contributed by atoms with Gasteiger partial charge >= 0.3 is 5.97 Å². The fourth-order valence-electron chi connectivity index (χ4n) is 5.54. The molecule has 4 aliphatic rings. The van der Waals surface area contributed by atoms with Gasteiger partial charge in [0, 0.05) is 25.3 Å². The van der Waals surface area contributed by atoms with E-state index in [4.69, 9.17) is 9.47 Å². The number of ether oxygens (including phenoxy) is 2. The first-order valence-corrected chi connectivity index (χ1v) is 7.08. The van der Waals surface area contributed by atoms with Crippen molar-refractivity contribution in [3.05, 3.63) is 12.7 Å². The van der Waals surface area contributed by atoms with Crippen LogP contribution in [0.25, 0.3) is 0 Å². The van der Waals surface area contributed by atoms with Crippen LogP contribution in [0.1, 0.15) is 45.4 Å². The summed E-state index contributed by atoms with van der Waals surface area (Å²) in [6, 6.07) is 0. The van der Waals surface area contributed by atoms with Crippen molar-refractivity contribution in [3.8, 4) is 0 Å². The van der Waals surface area contributed by atoms with Crippen molar-refractivity contribution in [1.29, 1.82) is 0 Å². The van der Waals surface area contributed by atoms with Crippen LogP contribution in [0.4, 0.5) is 0 Å². The third-order valence-corrected chi connectivity index (χ3v) is 5.06. The molecule has 0 spiro atoms. The summed E-state index contributed by atoms with van der Waals surface area (Å²) in [5.74, 6) is -0.460. The normalized spacial score (nSPS) is 49.1. The number of rotatable bonds is 4. The maximum absolute atomic E-state index is 11.7. The molecule has 0 aromatic carbocycles. The molecule has 0 aliphatic heterocycles. The van der Waals surface area contributed by atoms with Gasteiger partial charge in [0.1, 0.15) is 12.4 Å². The van der Waals surface area contributed by atoms with Gasteiger partial charge in [0.25, 0.3) is 0 Å². The van der Waals surface area contributed by atoms with Crippen LogP contribution in [0, 0.1) is 5.41 Å². The van der Waals surface area contributed by atoms with Gasteiger partial charge in [-0.3, -0.25) is 0 Å². The van der Waals surface area contributed by atoms with Crippen LogP contribution in [-0.2, 0) is 14.3 Å². The van der Waals surface area contributed by atoms with Crippen LogP contribution in [0.3, 0.4) is 0 Å². The van der Waals surface area contributed by atoms with Gasteiger partial charge in [0.2, 0.25) is 0 Å². The Labute approximate surface area is 118 Å². The zero-order valence-electron chi connectivity index (χ0n) is 11.9. The zero-order valence-corrected chi connectivity index (χ0v) is 11.9. The van der Waals surface area contributed by atoms with E-state index in [2.05, 4.69) is 13.5 Å². The molecule has 0 amide bonds. The molecule has 0 heterocycles. The predicted octanol–water partition coefficient (Wildman–Crippen LogP) is 1.28. The Hall–Kier alpha value is -0.910. The SMILES string of the molecule is C=CC(=O)OC12CC3(C)CC(O)(CC(OCO)(C3)C1)C2. The Kier molecular flexibility index (Phi) is 2.85. The van der Waals surface area contributed by atoms with Crippen LogP contribution >= 0.6 is 0 Å². The van der Waals surface area contributed by atoms with E-state index in [1.54, 1.807) is 0 Å². The number of carbonyl (C=O) groups is 1. The number of carbonyl (C=O) groups excluding carboxylic acids is 1. The summed E-state index contributed by atoms with van der Waals surface area (Å²) < 4.78 is 11.2. The molecule has 5 heteroatoms. The second kappa shape index (κ2) is 4.06. The van der Waals surface area contributed by atoms with E-state index < -0.39 is 22.8 Å². The summed E-state index contributed by atoms with van der Waals surface area (Å²) in [5, 5.41) is 20.0. The molecule has 4 atom stereocenters. The number of esters is 1. The average Bonchev–Trinajstić information content (AvgIpc) is 2.22. The Balaban J connectivity index is 1.97. The van der Waals surface area contributed by atoms with Gasteiger partial charge in [0.05, 0.1) is 11.2 Å². The van der Waals surface area contributed by atoms with E-state index in [1.165, 1.54) is 0 Å². The molecule has 4 saturated carbocycles. The Bertz CT molecular complexity index is 439. The van der Waals surface area contributed by atoms with Gasteiger partial charge in [-0.15, -0.1) is 0 Å². The lowest BCUT2D eigenvalue weighted by Gasteiger charge is -2.66. The van der Waals surface area contributed by atoms with Gasteiger partial charge in [0.15, 0.2) is 0 Å². The molecule has 2 N–H and O–H groups in total. The predicted molar refractivity (Wildman–Crippen MR) is 70.7 cm³/mol. The quantitative estimate of drug-likeness (QED) is 0.461. The molecule has 4 bridgehead atoms. The highest BCUT2D eigenvalue weighted by Crippen LogP contribution is 2.66. The van der Waals surface area contributed by atoms with E-state index in [0.29, 0.717) is 25.7 Å². The number of aliphatic hydroxyl groups is 2. The minimum atomic E-state index is -0.875. The number of hydrogen-bond acceptors (Lipinski definition) is 5. The number of hydrogen-bond donors (Lipinski definition) is 2. The van der Waals surface area contributed by atoms with Gasteiger partial charge in [-0.25, -0.2) is 4.79 Å². The van der Waals surface area contributed by atoms with Gasteiger partial charge in [-0.1, -0.05) is 13.5 Å². The first-order valence-electron chi connectivity index (χ1n) is 7.08. The third kappa shape index (κ3) is 2.08. The van der Waals surface area contributed by atoms with E-state index >= 15 is 0 Å². The summed E-state index contributed by atoms with van der Waals surface area (Å²) in [6.45, 7) is 5.16. The lowest BCUT2D eigenvalue weighted by atomic mass is 9.45. The van der Waals surface area contributed by atoms with Crippen molar-refractivity contribution in [2.24, 2.45) is 5.41 Å². The Morgan fingerprint density at radius 1 is 1.20 bits per heavy atom. The minimum absolute atomic E-state index is 0.125. The van der Waals surface area contributed by atoms with Crippen LogP contribution in [0.2, 0.25) is 0 Å². The highest BCUT2D eigenvalue weighted by molar-refractivity contribution is 5.81. The number of aliphatic hydroxyl groups excluding tert-OH is 1. The van der Waals surface area contributed by atoms with Crippen molar-refractivity contribution in [1.82, 2.24) is 0 Å². The average molecular weight is 282 g/mol. The molecule has 20 heavy (non-hydrogen) atoms. The highest BCUT2D eigenvalue weighted by atomic mass is 16.6. The molecule has 0 radical (unpaired) electrons. The fraction of sp³-hybridized carbons (Fsp3) is 0.800. The lowest BCUT2D eigenvalue weighted by molar-refractivity contribution is -0.302. The molecule has 0 aromatic heterocycles. The molecule has 112 valence electrons. The van der Waals surface area contributed by atoms with Crippen LogP contribution in [0.5, 0.6) is 0 Å². The lowest BCUT2D eigenvalue weighted by Crippen LogP contribution is -2.70. The molecule has 0 aromatic rings. The molecule has 4 rings (SSSR count). The highest BCUT2D eigenvalue weighted by Gasteiger charge is 2.69. The fourth-order valence-corrected chi connectivity index (χ4v) is 5.54. The first-order chi connectivity index (χ1) is 9.26. The topological polar surface area (TPSA) is 76.0 Å². The van der Waals surface area contributed by atoms with Crippen LogP contribution in [-0.4, -0.2) is 39.8 Å². The molecular weight excluding hydrogens is 260 g/mol. The van der Waals surface area contributed by atoms with Crippen molar-refractivity contribution in [2.45, 2.75) is 62.3 Å². The largest absolute Gasteiger partial charge is 0.456 e. The maximum Gasteiger partial charge on any atom is 0.330 e. The molecule has 5 nitrogen and oxygen atoms in total. The van der Waals surface area contributed by atoms with Crippen molar-refractivity contribution in [3.63, 3.8) is 0 Å². The Morgan fingerprint density at radius 2 is 1.85 bits per heavy atom. The second-order valence-corrected chi connectivity index (χ2v) is 7.36. The van der Waals surface area contributed by atoms with E-state index in [-0.39, 0.29) is 12.2 Å². The molecule has 4 aliphatic carbocycles. The standard InChI is InChI=1S/C15H22O5/c1-3-11(17)20-15-6-12(2)4-13(18,8-15)7-14(5-12,9-15)19-10-16/h3,16,18H,1,4-10H2,2H3. The summed E-state index contributed by atoms with van der Waals surface area (Å²) in [5.41, 5.74) is -2.28. The minimum Gasteiger partial charge on any atom is -0.456 e. The van der Waals surface area contributed by atoms with Gasteiger partial charge in [-0.05, 0) is 24.7 Å². The molecule has 4 unspecified atom stereocenters. The van der Waals surface area contributed by atoms with Gasteiger partial charge in [-0.2, -0.15) is 0 Å². The molecule has 4 fully saturated rings. The summed E-state index contributed by atoms with van der Waals surface area (Å²) in [4.78, 5) is 11.7. The van der Waals surface area contributed by atoms with Crippen molar-refractivity contribution in [2.75, 3.05) is 6.79 Å². The Morgan fingerprint density at radius 3 is 2.45 bits per heavy atom. The monoisotopic (exact) mass is 282 g/mol. The third-order valence-electron chi connectivity index (χ3n) is 5.06. The van der Waals surface area contributed by atoms with Gasteiger partial charge < -0.3 is 19.7 Å². The first kappa shape index (κ1) is 14.0. The van der Waals surface area contributed by atoms with Crippen LogP contribution < -0.4 is 0 Å². The van der Waals surface area contributed by atoms with E-state index in [0.717, 1.165) is 18.9 Å². The second-order valence-electron chi connectivity index (χ2n) is 7.36. The molecular formula is C15H22O5. The van der Waals surface area contributed by atoms with Crippen LogP contribution in [0.15, 0.2) is 12.7 Å².